The molecule has 2 fully saturated rings. The first kappa shape index (κ1) is 30.3. The third-order valence-electron chi connectivity index (χ3n) is 7.91. The average Bonchev–Trinajstić information content (AvgIpc) is 3.26. The van der Waals surface area contributed by atoms with Gasteiger partial charge >= 0.3 is 11.9 Å². The number of nitrogens with zero attached hydrogens (tertiary/aromatic N) is 2. The van der Waals surface area contributed by atoms with Gasteiger partial charge in [-0.1, -0.05) is 6.08 Å². The van der Waals surface area contributed by atoms with E-state index in [1.54, 1.807) is 38.3 Å². The molecule has 0 aliphatic heterocycles. The molecule has 2 aromatic heterocycles. The molecule has 2 saturated carbocycles. The minimum atomic E-state index is -1.21. The van der Waals surface area contributed by atoms with Crippen LogP contribution in [0.4, 0.5) is 5.13 Å². The maximum atomic E-state index is 13.5. The quantitative estimate of drug-likeness (QED) is 0.196. The molecule has 0 bridgehead atoms. The Morgan fingerprint density at radius 1 is 1.19 bits per heavy atom. The van der Waals surface area contributed by atoms with Crippen molar-refractivity contribution in [1.82, 2.24) is 15.3 Å². The van der Waals surface area contributed by atoms with Gasteiger partial charge in [-0.2, -0.15) is 0 Å². The summed E-state index contributed by atoms with van der Waals surface area (Å²) in [5.74, 6) is -3.16. The zero-order chi connectivity index (χ0) is 30.9. The Bertz CT molecular complexity index is 1560. The van der Waals surface area contributed by atoms with Crippen molar-refractivity contribution in [2.45, 2.75) is 57.7 Å². The summed E-state index contributed by atoms with van der Waals surface area (Å²) in [6, 6.07) is 7.45. The summed E-state index contributed by atoms with van der Waals surface area (Å²) < 4.78 is 17.1. The van der Waals surface area contributed by atoms with Crippen molar-refractivity contribution >= 4 is 45.2 Å². The Morgan fingerprint density at radius 3 is 2.60 bits per heavy atom. The number of fused-ring (bicyclic) bond motifs is 1. The minimum Gasteiger partial charge on any atom is -0.497 e. The van der Waals surface area contributed by atoms with Gasteiger partial charge in [0.1, 0.15) is 28.8 Å². The Balaban J connectivity index is 1.42. The van der Waals surface area contributed by atoms with E-state index in [4.69, 9.17) is 19.2 Å². The summed E-state index contributed by atoms with van der Waals surface area (Å²) in [4.78, 5) is 47.9. The number of carbonyl (C=O) groups is 3. The van der Waals surface area contributed by atoms with Crippen LogP contribution in [0.5, 0.6) is 11.5 Å². The van der Waals surface area contributed by atoms with E-state index in [9.17, 15) is 19.5 Å². The van der Waals surface area contributed by atoms with Crippen molar-refractivity contribution in [3.8, 4) is 22.9 Å². The lowest BCUT2D eigenvalue weighted by atomic mass is 9.94. The predicted octanol–water partition coefficient (Wildman–Crippen LogP) is 4.67. The number of esters is 1. The molecule has 2 heterocycles. The third kappa shape index (κ3) is 6.15. The maximum Gasteiger partial charge on any atom is 0.332 e. The van der Waals surface area contributed by atoms with Crippen molar-refractivity contribution < 1.29 is 33.7 Å². The van der Waals surface area contributed by atoms with Gasteiger partial charge < -0.3 is 30.0 Å². The van der Waals surface area contributed by atoms with Gasteiger partial charge in [-0.3, -0.25) is 9.59 Å². The highest BCUT2D eigenvalue weighted by Crippen LogP contribution is 2.47. The molecule has 2 aliphatic carbocycles. The lowest BCUT2D eigenvalue weighted by Crippen LogP contribution is -2.49. The summed E-state index contributed by atoms with van der Waals surface area (Å²) in [6.07, 6.45) is 1.69. The van der Waals surface area contributed by atoms with Crippen LogP contribution in [0.2, 0.25) is 0 Å². The number of hydrogen-bond acceptors (Lipinski definition) is 10. The number of ether oxygens (including phenoxy) is 3. The number of carbonyl (C=O) groups excluding carboxylic acids is 2. The van der Waals surface area contributed by atoms with Gasteiger partial charge in [-0.15, -0.1) is 17.9 Å². The number of anilines is 1. The Morgan fingerprint density at radius 2 is 1.95 bits per heavy atom. The normalized spacial score (nSPS) is 24.4. The number of rotatable bonds is 12. The largest absolute Gasteiger partial charge is 0.497 e. The first-order valence-corrected chi connectivity index (χ1v) is 15.2. The van der Waals surface area contributed by atoms with Crippen LogP contribution in [-0.4, -0.2) is 64.3 Å². The molecule has 0 radical (unpaired) electrons. The minimum absolute atomic E-state index is 0.124. The maximum absolute atomic E-state index is 13.5. The number of carboxylic acids is 1. The SMILES string of the molecule is C=C[C@@H]1C[C@]1(NC(=O)[C@@H]1C[C@@H](Oc2cc(-c3csc(NC(C)C)n3)nc3cc(OC)ccc23)C[C@H]1C(=O)O)C(=O)OCC. The van der Waals surface area contributed by atoms with Gasteiger partial charge in [0.05, 0.1) is 36.8 Å². The summed E-state index contributed by atoms with van der Waals surface area (Å²) in [7, 11) is 1.58. The van der Waals surface area contributed by atoms with E-state index in [1.165, 1.54) is 11.3 Å². The zero-order valence-corrected chi connectivity index (χ0v) is 25.4. The molecular formula is C31H36N4O7S. The zero-order valence-electron chi connectivity index (χ0n) is 24.6. The highest BCUT2D eigenvalue weighted by atomic mass is 32.1. The fourth-order valence-electron chi connectivity index (χ4n) is 5.64. The van der Waals surface area contributed by atoms with E-state index in [1.807, 2.05) is 25.3 Å². The number of carboxylic acid groups (broad SMARTS) is 1. The van der Waals surface area contributed by atoms with Crippen LogP contribution in [-0.2, 0) is 19.1 Å². The molecular weight excluding hydrogens is 572 g/mol. The van der Waals surface area contributed by atoms with Gasteiger partial charge in [-0.05, 0) is 52.2 Å². The second-order valence-electron chi connectivity index (χ2n) is 11.2. The highest BCUT2D eigenvalue weighted by molar-refractivity contribution is 7.14. The first-order valence-electron chi connectivity index (χ1n) is 14.3. The molecule has 5 atom stereocenters. The summed E-state index contributed by atoms with van der Waals surface area (Å²) in [5, 5.41) is 19.5. The number of aromatic nitrogens is 2. The number of thiazole rings is 1. The van der Waals surface area contributed by atoms with Crippen LogP contribution in [0, 0.1) is 17.8 Å². The third-order valence-corrected chi connectivity index (χ3v) is 8.68. The highest BCUT2D eigenvalue weighted by Gasteiger charge is 2.62. The summed E-state index contributed by atoms with van der Waals surface area (Å²) in [6.45, 7) is 9.68. The molecule has 43 heavy (non-hydrogen) atoms. The first-order chi connectivity index (χ1) is 20.6. The Hall–Kier alpha value is -4.19. The van der Waals surface area contributed by atoms with E-state index in [-0.39, 0.29) is 31.4 Å². The molecule has 1 amide bonds. The van der Waals surface area contributed by atoms with Gasteiger partial charge in [-0.25, -0.2) is 14.8 Å². The van der Waals surface area contributed by atoms with Crippen molar-refractivity contribution in [2.24, 2.45) is 17.8 Å². The lowest BCUT2D eigenvalue weighted by molar-refractivity contribution is -0.150. The number of methoxy groups -OCH3 is 1. The fraction of sp³-hybridized carbons (Fsp3) is 0.452. The molecule has 3 N–H and O–H groups in total. The molecule has 228 valence electrons. The molecule has 1 aromatic carbocycles. The van der Waals surface area contributed by atoms with Crippen LogP contribution in [0.1, 0.15) is 40.0 Å². The Labute approximate surface area is 253 Å². The smallest absolute Gasteiger partial charge is 0.332 e. The van der Waals surface area contributed by atoms with Crippen LogP contribution < -0.4 is 20.1 Å². The van der Waals surface area contributed by atoms with E-state index in [2.05, 4.69) is 22.2 Å². The second-order valence-corrected chi connectivity index (χ2v) is 12.1. The number of pyridine rings is 1. The topological polar surface area (TPSA) is 149 Å². The molecule has 0 saturated heterocycles. The molecule has 0 unspecified atom stereocenters. The number of aliphatic carboxylic acids is 1. The molecule has 3 aromatic rings. The van der Waals surface area contributed by atoms with Crippen molar-refractivity contribution in [3.63, 3.8) is 0 Å². The van der Waals surface area contributed by atoms with E-state index < -0.39 is 41.3 Å². The summed E-state index contributed by atoms with van der Waals surface area (Å²) in [5.41, 5.74) is 0.677. The number of hydrogen-bond donors (Lipinski definition) is 3. The molecule has 11 nitrogen and oxygen atoms in total. The van der Waals surface area contributed by atoms with Crippen LogP contribution in [0.25, 0.3) is 22.3 Å². The molecule has 0 spiro atoms. The Kier molecular flexibility index (Phi) is 8.59. The van der Waals surface area contributed by atoms with E-state index in [0.29, 0.717) is 40.2 Å². The van der Waals surface area contributed by atoms with Gasteiger partial charge in [0.25, 0.3) is 0 Å². The predicted molar refractivity (Wildman–Crippen MR) is 162 cm³/mol. The van der Waals surface area contributed by atoms with Crippen molar-refractivity contribution in [1.29, 1.82) is 0 Å². The lowest BCUT2D eigenvalue weighted by Gasteiger charge is -2.21. The van der Waals surface area contributed by atoms with E-state index in [0.717, 1.165) is 5.13 Å². The van der Waals surface area contributed by atoms with E-state index >= 15 is 0 Å². The average molecular weight is 609 g/mol. The van der Waals surface area contributed by atoms with Gasteiger partial charge in [0, 0.05) is 34.9 Å². The van der Waals surface area contributed by atoms with Crippen molar-refractivity contribution in [2.75, 3.05) is 19.0 Å². The molecule has 12 heteroatoms. The van der Waals surface area contributed by atoms with Gasteiger partial charge in [0.2, 0.25) is 5.91 Å². The molecule has 2 aliphatic rings. The number of benzene rings is 1. The van der Waals surface area contributed by atoms with Gasteiger partial charge in [0.15, 0.2) is 5.13 Å². The van der Waals surface area contributed by atoms with Crippen LogP contribution in [0.3, 0.4) is 0 Å². The summed E-state index contributed by atoms with van der Waals surface area (Å²) >= 11 is 1.47. The molecule has 5 rings (SSSR count). The second kappa shape index (κ2) is 12.2. The number of amides is 1. The van der Waals surface area contributed by atoms with Crippen LogP contribution in [0.15, 0.2) is 42.3 Å². The fourth-order valence-corrected chi connectivity index (χ4v) is 6.49. The number of nitrogens with one attached hydrogen (secondary N) is 2. The van der Waals surface area contributed by atoms with Crippen molar-refractivity contribution in [3.05, 3.63) is 42.3 Å². The monoisotopic (exact) mass is 608 g/mol. The van der Waals surface area contributed by atoms with Crippen LogP contribution >= 0.6 is 11.3 Å². The standard InChI is InChI=1S/C31H36N4O7S/c1-6-17-14-31(17,29(39)41-7-2)35-27(36)21-10-19(11-22(21)28(37)38)42-26-13-24(25-15-43-30(34-25)32-16(3)4)33-23-12-18(40-5)8-9-20(23)26/h6,8-9,12-13,15-17,19,21-22H,1,7,10-11,14H2,2-5H3,(H,32,34)(H,35,36)(H,37,38)/t17-,19-,21-,22-,31-/m1/s1.